The third-order valence-corrected chi connectivity index (χ3v) is 2.76. The number of nitrogens with zero attached hydrogens (tertiary/aromatic N) is 2. The third-order valence-electron chi connectivity index (χ3n) is 2.76. The standard InChI is InChI=1S/C13H16N4O.ClH/c1-8(2)17-6-5-9-3-4-10(7-11(9)17)12(18)16-13(14)15;/h3-8H,1-2H3,(H4,14,15,16,18);1H. The molecule has 4 N–H and O–H groups in total. The van der Waals surface area contributed by atoms with Crippen molar-refractivity contribution < 1.29 is 4.79 Å². The number of carbonyl (C=O) groups is 1. The molecule has 0 bridgehead atoms. The average molecular weight is 281 g/mol. The number of carbonyl (C=O) groups excluding carboxylic acids is 1. The van der Waals surface area contributed by atoms with Crippen molar-refractivity contribution in [3.05, 3.63) is 36.0 Å². The molecule has 102 valence electrons. The Morgan fingerprint density at radius 3 is 2.53 bits per heavy atom. The van der Waals surface area contributed by atoms with Crippen LogP contribution in [-0.2, 0) is 0 Å². The molecule has 0 unspecified atom stereocenters. The van der Waals surface area contributed by atoms with E-state index in [2.05, 4.69) is 23.4 Å². The summed E-state index contributed by atoms with van der Waals surface area (Å²) in [5.41, 5.74) is 11.9. The van der Waals surface area contributed by atoms with Gasteiger partial charge in [0.25, 0.3) is 5.91 Å². The van der Waals surface area contributed by atoms with E-state index < -0.39 is 5.91 Å². The van der Waals surface area contributed by atoms with Gasteiger partial charge in [0.1, 0.15) is 0 Å². The number of amides is 1. The van der Waals surface area contributed by atoms with Gasteiger partial charge in [-0.25, -0.2) is 0 Å². The van der Waals surface area contributed by atoms with Crippen LogP contribution in [-0.4, -0.2) is 16.4 Å². The molecule has 1 heterocycles. The largest absolute Gasteiger partial charge is 0.370 e. The molecule has 19 heavy (non-hydrogen) atoms. The molecule has 6 heteroatoms. The Hall–Kier alpha value is -2.01. The van der Waals surface area contributed by atoms with Gasteiger partial charge in [0, 0.05) is 23.3 Å². The molecule has 1 amide bonds. The minimum absolute atomic E-state index is 0. The summed E-state index contributed by atoms with van der Waals surface area (Å²) in [4.78, 5) is 15.3. The highest BCUT2D eigenvalue weighted by Gasteiger charge is 2.09. The fourth-order valence-electron chi connectivity index (χ4n) is 1.91. The predicted octanol–water partition coefficient (Wildman–Crippen LogP) is 2.06. The average Bonchev–Trinajstić information content (AvgIpc) is 2.70. The van der Waals surface area contributed by atoms with Crippen LogP contribution in [0.1, 0.15) is 30.2 Å². The highest BCUT2D eigenvalue weighted by molar-refractivity contribution is 6.03. The molecule has 0 spiro atoms. The van der Waals surface area contributed by atoms with Gasteiger partial charge in [-0.05, 0) is 37.4 Å². The van der Waals surface area contributed by atoms with Gasteiger partial charge < -0.3 is 16.0 Å². The molecular weight excluding hydrogens is 264 g/mol. The van der Waals surface area contributed by atoms with Gasteiger partial charge in [-0.15, -0.1) is 12.4 Å². The van der Waals surface area contributed by atoms with E-state index in [0.717, 1.165) is 10.9 Å². The number of benzene rings is 1. The van der Waals surface area contributed by atoms with E-state index in [1.165, 1.54) is 0 Å². The maximum Gasteiger partial charge on any atom is 0.280 e. The first-order valence-electron chi connectivity index (χ1n) is 5.73. The Balaban J connectivity index is 0.00000180. The molecule has 0 aliphatic carbocycles. The van der Waals surface area contributed by atoms with Crippen molar-refractivity contribution in [1.29, 1.82) is 0 Å². The number of fused-ring (bicyclic) bond motifs is 1. The Labute approximate surface area is 117 Å². The molecule has 5 nitrogen and oxygen atoms in total. The number of aromatic nitrogens is 1. The van der Waals surface area contributed by atoms with Crippen molar-refractivity contribution >= 4 is 35.2 Å². The van der Waals surface area contributed by atoms with Crippen molar-refractivity contribution in [2.75, 3.05) is 0 Å². The molecule has 1 aromatic carbocycles. The first kappa shape index (κ1) is 15.0. The summed E-state index contributed by atoms with van der Waals surface area (Å²) in [6, 6.07) is 7.77. The number of hydrogen-bond donors (Lipinski definition) is 2. The van der Waals surface area contributed by atoms with Gasteiger partial charge in [-0.2, -0.15) is 4.99 Å². The summed E-state index contributed by atoms with van der Waals surface area (Å²) >= 11 is 0. The topological polar surface area (TPSA) is 86.4 Å². The van der Waals surface area contributed by atoms with E-state index in [9.17, 15) is 4.79 Å². The summed E-state index contributed by atoms with van der Waals surface area (Å²) in [5.74, 6) is -0.646. The smallest absolute Gasteiger partial charge is 0.280 e. The van der Waals surface area contributed by atoms with Gasteiger partial charge in [0.2, 0.25) is 0 Å². The van der Waals surface area contributed by atoms with Crippen LogP contribution in [0.4, 0.5) is 0 Å². The Kier molecular flexibility index (Phi) is 4.56. The van der Waals surface area contributed by atoms with Gasteiger partial charge in [0.05, 0.1) is 0 Å². The lowest BCUT2D eigenvalue weighted by Gasteiger charge is -2.09. The van der Waals surface area contributed by atoms with Gasteiger partial charge in [-0.1, -0.05) is 6.07 Å². The fraction of sp³-hybridized carbons (Fsp3) is 0.231. The normalized spacial score (nSPS) is 10.3. The number of guanidine groups is 1. The van der Waals surface area contributed by atoms with Crippen LogP contribution in [0.3, 0.4) is 0 Å². The second-order valence-corrected chi connectivity index (χ2v) is 4.43. The fourth-order valence-corrected chi connectivity index (χ4v) is 1.91. The van der Waals surface area contributed by atoms with Crippen molar-refractivity contribution in [2.24, 2.45) is 16.5 Å². The molecule has 0 fully saturated rings. The van der Waals surface area contributed by atoms with Gasteiger partial charge in [-0.3, -0.25) is 4.79 Å². The molecule has 0 saturated heterocycles. The second-order valence-electron chi connectivity index (χ2n) is 4.43. The lowest BCUT2D eigenvalue weighted by atomic mass is 10.1. The number of aliphatic imine (C=N–C) groups is 1. The number of halogens is 1. The van der Waals surface area contributed by atoms with E-state index in [1.54, 1.807) is 6.07 Å². The number of rotatable bonds is 2. The van der Waals surface area contributed by atoms with Crippen molar-refractivity contribution in [1.82, 2.24) is 4.57 Å². The molecule has 0 aliphatic heterocycles. The van der Waals surface area contributed by atoms with Crippen LogP contribution in [0.2, 0.25) is 0 Å². The van der Waals surface area contributed by atoms with Crippen molar-refractivity contribution in [2.45, 2.75) is 19.9 Å². The van der Waals surface area contributed by atoms with Crippen molar-refractivity contribution in [3.8, 4) is 0 Å². The Bertz CT molecular complexity index is 627. The maximum absolute atomic E-state index is 11.7. The summed E-state index contributed by atoms with van der Waals surface area (Å²) < 4.78 is 2.10. The zero-order chi connectivity index (χ0) is 13.3. The SMILES string of the molecule is CC(C)n1ccc2ccc(C(=O)N=C(N)N)cc21.Cl. The molecule has 0 atom stereocenters. The minimum Gasteiger partial charge on any atom is -0.370 e. The van der Waals surface area contributed by atoms with E-state index >= 15 is 0 Å². The van der Waals surface area contributed by atoms with Crippen LogP contribution in [0.15, 0.2) is 35.5 Å². The lowest BCUT2D eigenvalue weighted by molar-refractivity contribution is 0.100. The molecule has 0 aliphatic rings. The van der Waals surface area contributed by atoms with Crippen LogP contribution in [0.25, 0.3) is 10.9 Å². The zero-order valence-electron chi connectivity index (χ0n) is 10.8. The molecule has 0 radical (unpaired) electrons. The summed E-state index contributed by atoms with van der Waals surface area (Å²) in [7, 11) is 0. The molecule has 2 rings (SSSR count). The third kappa shape index (κ3) is 3.06. The van der Waals surface area contributed by atoms with E-state index in [-0.39, 0.29) is 18.4 Å². The first-order chi connectivity index (χ1) is 8.49. The van der Waals surface area contributed by atoms with E-state index in [0.29, 0.717) is 11.6 Å². The van der Waals surface area contributed by atoms with Gasteiger partial charge >= 0.3 is 0 Å². The number of nitrogens with two attached hydrogens (primary N) is 2. The molecule has 1 aromatic heterocycles. The van der Waals surface area contributed by atoms with Crippen LogP contribution in [0.5, 0.6) is 0 Å². The van der Waals surface area contributed by atoms with E-state index in [1.807, 2.05) is 24.4 Å². The summed E-state index contributed by atoms with van der Waals surface area (Å²) in [5, 5.41) is 1.09. The van der Waals surface area contributed by atoms with Crippen LogP contribution < -0.4 is 11.5 Å². The minimum atomic E-state index is -0.423. The second kappa shape index (κ2) is 5.75. The highest BCUT2D eigenvalue weighted by Crippen LogP contribution is 2.21. The predicted molar refractivity (Wildman–Crippen MR) is 79.7 cm³/mol. The zero-order valence-corrected chi connectivity index (χ0v) is 11.6. The maximum atomic E-state index is 11.7. The molecule has 2 aromatic rings. The monoisotopic (exact) mass is 280 g/mol. The molecule has 0 saturated carbocycles. The van der Waals surface area contributed by atoms with Crippen LogP contribution >= 0.6 is 12.4 Å². The van der Waals surface area contributed by atoms with Crippen molar-refractivity contribution in [3.63, 3.8) is 0 Å². The first-order valence-corrected chi connectivity index (χ1v) is 5.73. The molecular formula is C13H17ClN4O. The summed E-state index contributed by atoms with van der Waals surface area (Å²) in [6.45, 7) is 4.17. The van der Waals surface area contributed by atoms with E-state index in [4.69, 9.17) is 11.5 Å². The van der Waals surface area contributed by atoms with Gasteiger partial charge in [0.15, 0.2) is 5.96 Å². The Morgan fingerprint density at radius 1 is 1.26 bits per heavy atom. The Morgan fingerprint density at radius 2 is 1.95 bits per heavy atom. The lowest BCUT2D eigenvalue weighted by Crippen LogP contribution is -2.24. The highest BCUT2D eigenvalue weighted by atomic mass is 35.5. The summed E-state index contributed by atoms with van der Waals surface area (Å²) in [6.07, 6.45) is 2.00. The van der Waals surface area contributed by atoms with Crippen LogP contribution in [0, 0.1) is 0 Å². The quantitative estimate of drug-likeness (QED) is 0.652. The number of hydrogen-bond acceptors (Lipinski definition) is 1.